The Kier molecular flexibility index (Phi) is 6.86. The van der Waals surface area contributed by atoms with Crippen molar-refractivity contribution in [2.45, 2.75) is 13.1 Å². The number of rotatable bonds is 6. The highest BCUT2D eigenvalue weighted by Crippen LogP contribution is 2.24. The molecule has 0 atom stereocenters. The van der Waals surface area contributed by atoms with Crippen molar-refractivity contribution in [2.75, 3.05) is 7.11 Å². The number of carbonyl (C=O) groups is 2. The summed E-state index contributed by atoms with van der Waals surface area (Å²) in [6.07, 6.45) is 1.68. The first-order valence-electron chi connectivity index (χ1n) is 8.79. The average molecular weight is 429 g/mol. The predicted octanol–water partition coefficient (Wildman–Crippen LogP) is 5.02. The first-order chi connectivity index (χ1) is 14.0. The fourth-order valence-electron chi connectivity index (χ4n) is 2.79. The quantitative estimate of drug-likeness (QED) is 0.517. The molecule has 148 valence electrons. The summed E-state index contributed by atoms with van der Waals surface area (Å²) in [6.45, 7) is 0.643. The summed E-state index contributed by atoms with van der Waals surface area (Å²) in [5.74, 6) is -0.650. The number of benzene rings is 2. The molecule has 7 heteroatoms. The molecule has 0 radical (unpaired) electrons. The molecule has 0 aliphatic heterocycles. The highest BCUT2D eigenvalue weighted by atomic mass is 35.5. The Morgan fingerprint density at radius 3 is 2.28 bits per heavy atom. The van der Waals surface area contributed by atoms with E-state index in [0.29, 0.717) is 34.3 Å². The van der Waals surface area contributed by atoms with E-state index in [-0.39, 0.29) is 5.91 Å². The lowest BCUT2D eigenvalue weighted by atomic mass is 10.1. The summed E-state index contributed by atoms with van der Waals surface area (Å²) in [5, 5.41) is 0.883. The Balaban J connectivity index is 1.87. The van der Waals surface area contributed by atoms with Crippen LogP contribution in [0.2, 0.25) is 10.0 Å². The van der Waals surface area contributed by atoms with Gasteiger partial charge in [0, 0.05) is 18.3 Å². The number of halogens is 2. The van der Waals surface area contributed by atoms with Gasteiger partial charge in [-0.15, -0.1) is 0 Å². The van der Waals surface area contributed by atoms with E-state index >= 15 is 0 Å². The molecule has 1 amide bonds. The number of hydrogen-bond donors (Lipinski definition) is 0. The van der Waals surface area contributed by atoms with Gasteiger partial charge < -0.3 is 9.64 Å². The molecule has 3 aromatic rings. The third-order valence-electron chi connectivity index (χ3n) is 4.28. The third-order valence-corrected chi connectivity index (χ3v) is 5.02. The first kappa shape index (κ1) is 20.8. The van der Waals surface area contributed by atoms with Crippen molar-refractivity contribution in [3.05, 3.63) is 99.3 Å². The fraction of sp³-hybridized carbons (Fsp3) is 0.136. The maximum absolute atomic E-state index is 13.2. The Hall–Kier alpha value is -2.89. The van der Waals surface area contributed by atoms with Crippen LogP contribution in [0, 0.1) is 0 Å². The van der Waals surface area contributed by atoms with Gasteiger partial charge in [0.2, 0.25) is 0 Å². The number of esters is 1. The standard InChI is InChI=1S/C22H18Cl2N2O3/c1-29-22(28)17-8-6-16(7-9-17)21(27)26(14-18-4-2-3-11-25-18)13-15-5-10-19(23)20(24)12-15/h2-12H,13-14H2,1H3. The molecular formula is C22H18Cl2N2O3. The van der Waals surface area contributed by atoms with Crippen LogP contribution in [0.5, 0.6) is 0 Å². The van der Waals surface area contributed by atoms with E-state index in [9.17, 15) is 9.59 Å². The molecule has 2 aromatic carbocycles. The fourth-order valence-corrected chi connectivity index (χ4v) is 3.12. The van der Waals surface area contributed by atoms with Gasteiger partial charge in [0.15, 0.2) is 0 Å². The number of methoxy groups -OCH3 is 1. The molecule has 3 rings (SSSR count). The van der Waals surface area contributed by atoms with E-state index in [2.05, 4.69) is 4.98 Å². The summed E-state index contributed by atoms with van der Waals surface area (Å²) in [4.78, 5) is 30.8. The van der Waals surface area contributed by atoms with Crippen molar-refractivity contribution in [2.24, 2.45) is 0 Å². The summed E-state index contributed by atoms with van der Waals surface area (Å²) in [6, 6.07) is 17.2. The van der Waals surface area contributed by atoms with Gasteiger partial charge in [-0.05, 0) is 54.1 Å². The molecule has 29 heavy (non-hydrogen) atoms. The zero-order chi connectivity index (χ0) is 20.8. The first-order valence-corrected chi connectivity index (χ1v) is 9.55. The van der Waals surface area contributed by atoms with Crippen molar-refractivity contribution >= 4 is 35.1 Å². The number of ether oxygens (including phenoxy) is 1. The van der Waals surface area contributed by atoms with Gasteiger partial charge in [-0.2, -0.15) is 0 Å². The van der Waals surface area contributed by atoms with Crippen LogP contribution in [0.15, 0.2) is 66.9 Å². The van der Waals surface area contributed by atoms with Crippen molar-refractivity contribution < 1.29 is 14.3 Å². The van der Waals surface area contributed by atoms with Crippen molar-refractivity contribution in [3.8, 4) is 0 Å². The number of amides is 1. The largest absolute Gasteiger partial charge is 0.465 e. The van der Waals surface area contributed by atoms with Crippen LogP contribution in [-0.2, 0) is 17.8 Å². The number of carbonyl (C=O) groups excluding carboxylic acids is 2. The molecule has 0 saturated carbocycles. The van der Waals surface area contributed by atoms with Crippen LogP contribution in [0.25, 0.3) is 0 Å². The van der Waals surface area contributed by atoms with Crippen LogP contribution in [0.3, 0.4) is 0 Å². The molecule has 0 unspecified atom stereocenters. The molecule has 1 aromatic heterocycles. The van der Waals surface area contributed by atoms with Crippen LogP contribution >= 0.6 is 23.2 Å². The van der Waals surface area contributed by atoms with Crippen molar-refractivity contribution in [1.29, 1.82) is 0 Å². The van der Waals surface area contributed by atoms with E-state index in [1.165, 1.54) is 7.11 Å². The van der Waals surface area contributed by atoms with Gasteiger partial charge in [0.25, 0.3) is 5.91 Å². The minimum absolute atomic E-state index is 0.196. The predicted molar refractivity (Wildman–Crippen MR) is 112 cm³/mol. The smallest absolute Gasteiger partial charge is 0.337 e. The summed E-state index contributed by atoms with van der Waals surface area (Å²) in [7, 11) is 1.31. The van der Waals surface area contributed by atoms with E-state index in [1.54, 1.807) is 47.5 Å². The topological polar surface area (TPSA) is 59.5 Å². The molecule has 0 aliphatic rings. The van der Waals surface area contributed by atoms with Crippen molar-refractivity contribution in [1.82, 2.24) is 9.88 Å². The maximum atomic E-state index is 13.2. The van der Waals surface area contributed by atoms with Crippen LogP contribution < -0.4 is 0 Å². The molecule has 1 heterocycles. The van der Waals surface area contributed by atoms with Crippen LogP contribution in [0.1, 0.15) is 32.0 Å². The van der Waals surface area contributed by atoms with Gasteiger partial charge in [-0.3, -0.25) is 9.78 Å². The zero-order valence-corrected chi connectivity index (χ0v) is 17.2. The molecule has 5 nitrogen and oxygen atoms in total. The minimum Gasteiger partial charge on any atom is -0.465 e. The van der Waals surface area contributed by atoms with Gasteiger partial charge >= 0.3 is 5.97 Å². The van der Waals surface area contributed by atoms with E-state index in [0.717, 1.165) is 11.3 Å². The molecule has 0 spiro atoms. The van der Waals surface area contributed by atoms with E-state index in [4.69, 9.17) is 27.9 Å². The Bertz CT molecular complexity index is 1010. The van der Waals surface area contributed by atoms with Crippen LogP contribution in [0.4, 0.5) is 0 Å². The Labute approximate surface area is 178 Å². The van der Waals surface area contributed by atoms with E-state index < -0.39 is 5.97 Å². The SMILES string of the molecule is COC(=O)c1ccc(C(=O)N(Cc2ccc(Cl)c(Cl)c2)Cc2ccccn2)cc1. The number of pyridine rings is 1. The molecule has 0 aliphatic carbocycles. The minimum atomic E-state index is -0.454. The number of nitrogens with zero attached hydrogens (tertiary/aromatic N) is 2. The normalized spacial score (nSPS) is 10.4. The van der Waals surface area contributed by atoms with Gasteiger partial charge in [0.05, 0.1) is 35.0 Å². The number of hydrogen-bond acceptors (Lipinski definition) is 4. The molecule has 0 N–H and O–H groups in total. The second-order valence-corrected chi connectivity index (χ2v) is 7.11. The van der Waals surface area contributed by atoms with Gasteiger partial charge in [0.1, 0.15) is 0 Å². The van der Waals surface area contributed by atoms with Gasteiger partial charge in [-0.25, -0.2) is 4.79 Å². The number of aromatic nitrogens is 1. The summed E-state index contributed by atoms with van der Waals surface area (Å²) < 4.78 is 4.70. The lowest BCUT2D eigenvalue weighted by molar-refractivity contribution is 0.0599. The Morgan fingerprint density at radius 2 is 1.66 bits per heavy atom. The zero-order valence-electron chi connectivity index (χ0n) is 15.6. The highest BCUT2D eigenvalue weighted by molar-refractivity contribution is 6.42. The van der Waals surface area contributed by atoms with Crippen molar-refractivity contribution in [3.63, 3.8) is 0 Å². The lowest BCUT2D eigenvalue weighted by Crippen LogP contribution is -2.30. The molecule has 0 saturated heterocycles. The summed E-state index contributed by atoms with van der Waals surface area (Å²) >= 11 is 12.1. The summed E-state index contributed by atoms with van der Waals surface area (Å²) in [5.41, 5.74) is 2.43. The maximum Gasteiger partial charge on any atom is 0.337 e. The lowest BCUT2D eigenvalue weighted by Gasteiger charge is -2.23. The van der Waals surface area contributed by atoms with Gasteiger partial charge in [-0.1, -0.05) is 35.3 Å². The van der Waals surface area contributed by atoms with Crippen LogP contribution in [-0.4, -0.2) is 28.9 Å². The third kappa shape index (κ3) is 5.34. The second-order valence-electron chi connectivity index (χ2n) is 6.30. The van der Waals surface area contributed by atoms with E-state index in [1.807, 2.05) is 24.3 Å². The average Bonchev–Trinajstić information content (AvgIpc) is 2.75. The monoisotopic (exact) mass is 428 g/mol. The highest BCUT2D eigenvalue weighted by Gasteiger charge is 2.18. The Morgan fingerprint density at radius 1 is 0.931 bits per heavy atom. The second kappa shape index (κ2) is 9.54. The molecule has 0 bridgehead atoms. The molecular weight excluding hydrogens is 411 g/mol. The molecule has 0 fully saturated rings.